The van der Waals surface area contributed by atoms with Crippen LogP contribution in [0.2, 0.25) is 5.02 Å². The van der Waals surface area contributed by atoms with Crippen molar-refractivity contribution in [2.45, 2.75) is 13.0 Å². The number of piperazine rings is 1. The van der Waals surface area contributed by atoms with Crippen molar-refractivity contribution < 1.29 is 4.39 Å². The average molecular weight is 293 g/mol. The Morgan fingerprint density at radius 1 is 1.39 bits per heavy atom. The van der Waals surface area contributed by atoms with E-state index in [1.54, 1.807) is 0 Å². The zero-order valence-electron chi connectivity index (χ0n) is 10.5. The van der Waals surface area contributed by atoms with E-state index in [4.69, 9.17) is 11.6 Å². The number of hydrogen-bond acceptors (Lipinski definition) is 2. The van der Waals surface area contributed by atoms with Gasteiger partial charge in [-0.15, -0.1) is 12.4 Å². The molecule has 1 N–H and O–H groups in total. The lowest BCUT2D eigenvalue weighted by Crippen LogP contribution is -2.45. The van der Waals surface area contributed by atoms with Crippen LogP contribution in [-0.4, -0.2) is 37.8 Å². The second-order valence-corrected chi connectivity index (χ2v) is 4.83. The first-order chi connectivity index (χ1) is 8.24. The summed E-state index contributed by atoms with van der Waals surface area (Å²) >= 11 is 6.21. The first-order valence-electron chi connectivity index (χ1n) is 5.99. The highest BCUT2D eigenvalue weighted by Gasteiger charge is 2.25. The zero-order valence-corrected chi connectivity index (χ0v) is 12.0. The molecular formula is C13H19Cl2FN2. The Morgan fingerprint density at radius 2 is 2.06 bits per heavy atom. The molecule has 2 rings (SSSR count). The fraction of sp³-hybridized carbons (Fsp3) is 0.538. The zero-order chi connectivity index (χ0) is 12.3. The van der Waals surface area contributed by atoms with Gasteiger partial charge in [0.15, 0.2) is 0 Å². The molecule has 1 atom stereocenters. The van der Waals surface area contributed by atoms with Crippen LogP contribution in [-0.2, 0) is 0 Å². The molecule has 0 unspecified atom stereocenters. The number of hydrogen-bond donors (Lipinski definition) is 1. The van der Waals surface area contributed by atoms with Gasteiger partial charge in [-0.1, -0.05) is 23.7 Å². The highest BCUT2D eigenvalue weighted by Crippen LogP contribution is 2.31. The minimum atomic E-state index is -0.384. The molecule has 0 amide bonds. The van der Waals surface area contributed by atoms with Gasteiger partial charge in [0.1, 0.15) is 6.67 Å². The summed E-state index contributed by atoms with van der Waals surface area (Å²) in [6.45, 7) is 5.19. The van der Waals surface area contributed by atoms with E-state index in [0.29, 0.717) is 5.02 Å². The fourth-order valence-corrected chi connectivity index (χ4v) is 2.77. The molecule has 0 aliphatic carbocycles. The van der Waals surface area contributed by atoms with Gasteiger partial charge < -0.3 is 5.32 Å². The SMILES string of the molecule is Cc1cccc(Cl)c1[C@@H](CF)N1CCNCC1.Cl. The van der Waals surface area contributed by atoms with Crippen molar-refractivity contribution in [2.75, 3.05) is 32.9 Å². The van der Waals surface area contributed by atoms with Crippen LogP contribution < -0.4 is 5.32 Å². The normalized spacial score (nSPS) is 18.2. The Kier molecular flexibility index (Phi) is 6.36. The third-order valence-electron chi connectivity index (χ3n) is 3.34. The summed E-state index contributed by atoms with van der Waals surface area (Å²) in [5.41, 5.74) is 2.01. The Balaban J connectivity index is 0.00000162. The van der Waals surface area contributed by atoms with E-state index in [9.17, 15) is 4.39 Å². The van der Waals surface area contributed by atoms with Crippen LogP contribution in [0.3, 0.4) is 0 Å². The van der Waals surface area contributed by atoms with Crippen LogP contribution in [0.5, 0.6) is 0 Å². The maximum absolute atomic E-state index is 13.4. The van der Waals surface area contributed by atoms with Gasteiger partial charge in [0.05, 0.1) is 6.04 Å². The minimum absolute atomic E-state index is 0. The molecule has 0 saturated carbocycles. The molecule has 1 aromatic carbocycles. The molecule has 1 saturated heterocycles. The molecule has 1 aromatic rings. The second-order valence-electron chi connectivity index (χ2n) is 4.43. The lowest BCUT2D eigenvalue weighted by Gasteiger charge is -2.34. The molecule has 0 bridgehead atoms. The Labute approximate surface area is 119 Å². The van der Waals surface area contributed by atoms with E-state index >= 15 is 0 Å². The third-order valence-corrected chi connectivity index (χ3v) is 3.67. The number of benzene rings is 1. The lowest BCUT2D eigenvalue weighted by molar-refractivity contribution is 0.147. The molecule has 1 fully saturated rings. The Bertz CT molecular complexity index is 361. The molecule has 1 heterocycles. The quantitative estimate of drug-likeness (QED) is 0.921. The summed E-state index contributed by atoms with van der Waals surface area (Å²) in [5.74, 6) is 0. The molecule has 5 heteroatoms. The van der Waals surface area contributed by atoms with Crippen LogP contribution in [0.15, 0.2) is 18.2 Å². The van der Waals surface area contributed by atoms with Crippen LogP contribution in [0.25, 0.3) is 0 Å². The largest absolute Gasteiger partial charge is 0.314 e. The molecule has 2 nitrogen and oxygen atoms in total. The minimum Gasteiger partial charge on any atom is -0.314 e. The maximum atomic E-state index is 13.4. The number of halogens is 3. The smallest absolute Gasteiger partial charge is 0.109 e. The van der Waals surface area contributed by atoms with Gasteiger partial charge >= 0.3 is 0 Å². The maximum Gasteiger partial charge on any atom is 0.109 e. The lowest BCUT2D eigenvalue weighted by atomic mass is 10.00. The average Bonchev–Trinajstić information content (AvgIpc) is 2.35. The van der Waals surface area contributed by atoms with Crippen LogP contribution in [0, 0.1) is 6.92 Å². The summed E-state index contributed by atoms with van der Waals surface area (Å²) in [6.07, 6.45) is 0. The molecule has 0 radical (unpaired) electrons. The van der Waals surface area contributed by atoms with Crippen molar-refractivity contribution in [1.29, 1.82) is 0 Å². The molecule has 0 spiro atoms. The predicted octanol–water partition coefficient (Wildman–Crippen LogP) is 2.99. The van der Waals surface area contributed by atoms with Crippen molar-refractivity contribution in [2.24, 2.45) is 0 Å². The van der Waals surface area contributed by atoms with Crippen molar-refractivity contribution in [3.05, 3.63) is 34.3 Å². The van der Waals surface area contributed by atoms with Gasteiger partial charge in [0.25, 0.3) is 0 Å². The summed E-state index contributed by atoms with van der Waals surface area (Å²) in [5, 5.41) is 3.95. The van der Waals surface area contributed by atoms with Crippen molar-refractivity contribution in [1.82, 2.24) is 10.2 Å². The summed E-state index contributed by atoms with van der Waals surface area (Å²) in [4.78, 5) is 2.17. The summed E-state index contributed by atoms with van der Waals surface area (Å²) in [7, 11) is 0. The fourth-order valence-electron chi connectivity index (χ4n) is 2.42. The van der Waals surface area contributed by atoms with E-state index in [1.807, 2.05) is 25.1 Å². The van der Waals surface area contributed by atoms with Gasteiger partial charge in [-0.05, 0) is 24.1 Å². The first kappa shape index (κ1) is 15.7. The van der Waals surface area contributed by atoms with Gasteiger partial charge in [-0.3, -0.25) is 4.90 Å². The topological polar surface area (TPSA) is 15.3 Å². The predicted molar refractivity (Wildman–Crippen MR) is 76.6 cm³/mol. The first-order valence-corrected chi connectivity index (χ1v) is 6.37. The standard InChI is InChI=1S/C13H18ClFN2.ClH/c1-10-3-2-4-11(14)13(10)12(9-15)17-7-5-16-6-8-17;/h2-4,12,16H,5-9H2,1H3;1H/t12-;/m1./s1. The number of alkyl halides is 1. The summed E-state index contributed by atoms with van der Waals surface area (Å²) in [6, 6.07) is 5.54. The van der Waals surface area contributed by atoms with Gasteiger partial charge in [0.2, 0.25) is 0 Å². The van der Waals surface area contributed by atoms with Gasteiger partial charge in [-0.2, -0.15) is 0 Å². The monoisotopic (exact) mass is 292 g/mol. The van der Waals surface area contributed by atoms with E-state index in [2.05, 4.69) is 10.2 Å². The van der Waals surface area contributed by atoms with Crippen molar-refractivity contribution in [3.8, 4) is 0 Å². The number of nitrogens with zero attached hydrogens (tertiary/aromatic N) is 1. The van der Waals surface area contributed by atoms with Crippen LogP contribution in [0.4, 0.5) is 4.39 Å². The molecule has 18 heavy (non-hydrogen) atoms. The number of rotatable bonds is 3. The second kappa shape index (κ2) is 7.29. The number of nitrogens with one attached hydrogen (secondary N) is 1. The third kappa shape index (κ3) is 3.35. The van der Waals surface area contributed by atoms with Crippen molar-refractivity contribution in [3.63, 3.8) is 0 Å². The van der Waals surface area contributed by atoms with Gasteiger partial charge in [-0.25, -0.2) is 4.39 Å². The van der Waals surface area contributed by atoms with E-state index in [0.717, 1.165) is 37.3 Å². The highest BCUT2D eigenvalue weighted by molar-refractivity contribution is 6.31. The Hall–Kier alpha value is -0.350. The summed E-state index contributed by atoms with van der Waals surface area (Å²) < 4.78 is 13.4. The van der Waals surface area contributed by atoms with E-state index in [-0.39, 0.29) is 25.1 Å². The molecule has 1 aliphatic heterocycles. The molecule has 102 valence electrons. The highest BCUT2D eigenvalue weighted by atomic mass is 35.5. The van der Waals surface area contributed by atoms with E-state index in [1.165, 1.54) is 0 Å². The molecule has 0 aromatic heterocycles. The van der Waals surface area contributed by atoms with Gasteiger partial charge in [0, 0.05) is 31.2 Å². The molecular weight excluding hydrogens is 274 g/mol. The van der Waals surface area contributed by atoms with E-state index < -0.39 is 0 Å². The number of aryl methyl sites for hydroxylation is 1. The van der Waals surface area contributed by atoms with Crippen molar-refractivity contribution >= 4 is 24.0 Å². The van der Waals surface area contributed by atoms with Crippen LogP contribution in [0.1, 0.15) is 17.2 Å². The van der Waals surface area contributed by atoms with Crippen LogP contribution >= 0.6 is 24.0 Å². The molecule has 1 aliphatic rings. The Morgan fingerprint density at radius 3 is 2.61 bits per heavy atom.